The molecule has 0 aliphatic carbocycles. The maximum Gasteiger partial charge on any atom is 0.175 e. The molecular weight excluding hydrogens is 326 g/mol. The van der Waals surface area contributed by atoms with E-state index in [9.17, 15) is 8.42 Å². The van der Waals surface area contributed by atoms with E-state index in [1.165, 1.54) is 31.9 Å². The third kappa shape index (κ3) is 3.72. The first-order chi connectivity index (χ1) is 9.02. The Morgan fingerprint density at radius 1 is 1.21 bits per heavy atom. The zero-order chi connectivity index (χ0) is 13.9. The van der Waals surface area contributed by atoms with Gasteiger partial charge in [0.2, 0.25) is 0 Å². The van der Waals surface area contributed by atoms with Gasteiger partial charge in [-0.2, -0.15) is 0 Å². The highest BCUT2D eigenvalue weighted by molar-refractivity contribution is 9.09. The summed E-state index contributed by atoms with van der Waals surface area (Å²) in [5, 5.41) is 0.959. The van der Waals surface area contributed by atoms with Gasteiger partial charge in [0.1, 0.15) is 0 Å². The van der Waals surface area contributed by atoms with Crippen LogP contribution in [0.1, 0.15) is 25.7 Å². The minimum absolute atomic E-state index is 0.390. The molecule has 19 heavy (non-hydrogen) atoms. The van der Waals surface area contributed by atoms with Gasteiger partial charge in [0.05, 0.1) is 4.90 Å². The summed E-state index contributed by atoms with van der Waals surface area (Å²) in [5.41, 5.74) is 1.12. The maximum absolute atomic E-state index is 11.5. The van der Waals surface area contributed by atoms with E-state index in [2.05, 4.69) is 20.8 Å². The summed E-state index contributed by atoms with van der Waals surface area (Å²) in [6.07, 6.45) is 6.20. The summed E-state index contributed by atoms with van der Waals surface area (Å²) >= 11 is 3.59. The van der Waals surface area contributed by atoms with E-state index in [1.807, 2.05) is 12.1 Å². The lowest BCUT2D eigenvalue weighted by Crippen LogP contribution is -2.36. The van der Waals surface area contributed by atoms with Crippen LogP contribution in [0, 0.1) is 0 Å². The number of rotatable bonds is 3. The Bertz CT molecular complexity index is 513. The average molecular weight is 346 g/mol. The van der Waals surface area contributed by atoms with Crippen LogP contribution in [0.4, 0.5) is 5.69 Å². The highest BCUT2D eigenvalue weighted by Gasteiger charge is 2.20. The molecule has 1 fully saturated rings. The second-order valence-electron chi connectivity index (χ2n) is 5.12. The molecule has 0 radical (unpaired) electrons. The van der Waals surface area contributed by atoms with Crippen LogP contribution in [0.25, 0.3) is 0 Å². The minimum Gasteiger partial charge on any atom is -0.368 e. The zero-order valence-corrected chi connectivity index (χ0v) is 13.6. The Balaban J connectivity index is 2.24. The van der Waals surface area contributed by atoms with Gasteiger partial charge >= 0.3 is 0 Å². The first-order valence-electron chi connectivity index (χ1n) is 6.65. The Kier molecular flexibility index (Phi) is 4.90. The first kappa shape index (κ1) is 14.9. The Hall–Kier alpha value is -0.550. The smallest absolute Gasteiger partial charge is 0.175 e. The van der Waals surface area contributed by atoms with Gasteiger partial charge in [-0.3, -0.25) is 0 Å². The Morgan fingerprint density at radius 2 is 1.89 bits per heavy atom. The molecular formula is C14H20BrNO2S. The monoisotopic (exact) mass is 345 g/mol. The quantitative estimate of drug-likeness (QED) is 0.789. The van der Waals surface area contributed by atoms with Gasteiger partial charge in [0.15, 0.2) is 9.84 Å². The van der Waals surface area contributed by atoms with Crippen molar-refractivity contribution in [1.82, 2.24) is 0 Å². The largest absolute Gasteiger partial charge is 0.368 e. The third-order valence-corrected chi connectivity index (χ3v) is 5.53. The van der Waals surface area contributed by atoms with E-state index < -0.39 is 9.84 Å². The molecule has 0 bridgehead atoms. The number of halogens is 1. The van der Waals surface area contributed by atoms with Crippen LogP contribution in [0.5, 0.6) is 0 Å². The zero-order valence-electron chi connectivity index (χ0n) is 11.2. The number of anilines is 1. The molecule has 0 spiro atoms. The molecule has 0 saturated carbocycles. The fourth-order valence-electron chi connectivity index (χ4n) is 2.56. The van der Waals surface area contributed by atoms with Gasteiger partial charge in [-0.1, -0.05) is 28.8 Å². The van der Waals surface area contributed by atoms with E-state index in [4.69, 9.17) is 0 Å². The molecule has 2 rings (SSSR count). The summed E-state index contributed by atoms with van der Waals surface area (Å²) in [5.74, 6) is 0. The summed E-state index contributed by atoms with van der Waals surface area (Å²) in [6, 6.07) is 7.78. The molecule has 0 N–H and O–H groups in total. The minimum atomic E-state index is -3.10. The van der Waals surface area contributed by atoms with E-state index in [0.29, 0.717) is 10.9 Å². The predicted molar refractivity (Wildman–Crippen MR) is 82.9 cm³/mol. The highest BCUT2D eigenvalue weighted by atomic mass is 79.9. The molecule has 1 saturated heterocycles. The van der Waals surface area contributed by atoms with Crippen LogP contribution < -0.4 is 4.90 Å². The van der Waals surface area contributed by atoms with Crippen LogP contribution in [-0.4, -0.2) is 32.6 Å². The number of alkyl halides is 1. The fourth-order valence-corrected chi connectivity index (χ4v) is 3.87. The first-order valence-corrected chi connectivity index (χ1v) is 9.66. The molecule has 0 aromatic heterocycles. The number of benzene rings is 1. The molecule has 3 nitrogen and oxygen atoms in total. The molecule has 1 aliphatic rings. The topological polar surface area (TPSA) is 37.4 Å². The third-order valence-electron chi connectivity index (χ3n) is 3.65. The summed E-state index contributed by atoms with van der Waals surface area (Å²) in [7, 11) is -3.10. The number of sulfone groups is 1. The van der Waals surface area contributed by atoms with Crippen molar-refractivity contribution in [2.24, 2.45) is 0 Å². The van der Waals surface area contributed by atoms with Crippen molar-refractivity contribution in [2.45, 2.75) is 36.6 Å². The van der Waals surface area contributed by atoms with Gasteiger partial charge in [-0.05, 0) is 37.1 Å². The molecule has 5 heteroatoms. The molecule has 1 aromatic carbocycles. The van der Waals surface area contributed by atoms with E-state index in [0.717, 1.165) is 17.6 Å². The second-order valence-corrected chi connectivity index (χ2v) is 7.78. The molecule has 106 valence electrons. The van der Waals surface area contributed by atoms with Crippen LogP contribution in [-0.2, 0) is 9.84 Å². The molecule has 1 aliphatic heterocycles. The Labute approximate surface area is 124 Å². The van der Waals surface area contributed by atoms with E-state index in [1.54, 1.807) is 12.1 Å². The molecule has 1 heterocycles. The number of nitrogens with zero attached hydrogens (tertiary/aromatic N) is 1. The number of hydrogen-bond acceptors (Lipinski definition) is 3. The van der Waals surface area contributed by atoms with Crippen LogP contribution in [0.3, 0.4) is 0 Å². The van der Waals surface area contributed by atoms with Gasteiger partial charge in [0, 0.05) is 29.9 Å². The van der Waals surface area contributed by atoms with E-state index >= 15 is 0 Å². The van der Waals surface area contributed by atoms with Crippen molar-refractivity contribution in [1.29, 1.82) is 0 Å². The maximum atomic E-state index is 11.5. The second kappa shape index (κ2) is 6.27. The Morgan fingerprint density at radius 3 is 2.47 bits per heavy atom. The van der Waals surface area contributed by atoms with Crippen molar-refractivity contribution in [3.63, 3.8) is 0 Å². The standard InChI is InChI=1S/C14H20BrNO2S/c1-19(17,18)14-8-6-12(7-9-14)16-10-4-2-3-5-13(16)11-15/h6-9,13H,2-5,10-11H2,1H3. The van der Waals surface area contributed by atoms with Gasteiger partial charge in [-0.15, -0.1) is 0 Å². The van der Waals surface area contributed by atoms with E-state index in [-0.39, 0.29) is 0 Å². The molecule has 1 atom stereocenters. The molecule has 1 aromatic rings. The van der Waals surface area contributed by atoms with Crippen molar-refractivity contribution in [3.8, 4) is 0 Å². The lowest BCUT2D eigenvalue weighted by molar-refractivity contribution is 0.601. The van der Waals surface area contributed by atoms with Crippen molar-refractivity contribution in [3.05, 3.63) is 24.3 Å². The predicted octanol–water partition coefficient (Wildman–Crippen LogP) is 3.23. The van der Waals surface area contributed by atoms with Crippen molar-refractivity contribution in [2.75, 3.05) is 23.0 Å². The van der Waals surface area contributed by atoms with Crippen LogP contribution >= 0.6 is 15.9 Å². The van der Waals surface area contributed by atoms with Gasteiger partial charge < -0.3 is 4.90 Å². The SMILES string of the molecule is CS(=O)(=O)c1ccc(N2CCCCCC2CBr)cc1. The molecule has 1 unspecified atom stereocenters. The van der Waals surface area contributed by atoms with Crippen LogP contribution in [0.2, 0.25) is 0 Å². The normalized spacial score (nSPS) is 21.2. The van der Waals surface area contributed by atoms with Gasteiger partial charge in [-0.25, -0.2) is 8.42 Å². The summed E-state index contributed by atoms with van der Waals surface area (Å²) in [6.45, 7) is 1.05. The molecule has 0 amide bonds. The summed E-state index contributed by atoms with van der Waals surface area (Å²) in [4.78, 5) is 2.79. The van der Waals surface area contributed by atoms with Crippen molar-refractivity contribution >= 4 is 31.5 Å². The highest BCUT2D eigenvalue weighted by Crippen LogP contribution is 2.26. The summed E-state index contributed by atoms with van der Waals surface area (Å²) < 4.78 is 22.9. The average Bonchev–Trinajstić information content (AvgIpc) is 2.62. The fraction of sp³-hybridized carbons (Fsp3) is 0.571. The van der Waals surface area contributed by atoms with Crippen molar-refractivity contribution < 1.29 is 8.42 Å². The number of hydrogen-bond donors (Lipinski definition) is 0. The van der Waals surface area contributed by atoms with Gasteiger partial charge in [0.25, 0.3) is 0 Å². The lowest BCUT2D eigenvalue weighted by atomic mass is 10.1. The van der Waals surface area contributed by atoms with Crippen LogP contribution in [0.15, 0.2) is 29.2 Å². The lowest BCUT2D eigenvalue weighted by Gasteiger charge is -2.31.